The second-order valence-corrected chi connectivity index (χ2v) is 5.55. The van der Waals surface area contributed by atoms with E-state index in [-0.39, 0.29) is 0 Å². The van der Waals surface area contributed by atoms with E-state index in [4.69, 9.17) is 10.5 Å². The van der Waals surface area contributed by atoms with Crippen molar-refractivity contribution in [3.63, 3.8) is 0 Å². The van der Waals surface area contributed by atoms with Crippen LogP contribution in [-0.2, 0) is 4.74 Å². The maximum Gasteiger partial charge on any atom is 0.0503 e. The second kappa shape index (κ2) is 5.99. The largest absolute Gasteiger partial charge is 0.384 e. The first-order valence-corrected chi connectivity index (χ1v) is 6.76. The van der Waals surface area contributed by atoms with Crippen molar-refractivity contribution in [1.29, 1.82) is 0 Å². The lowest BCUT2D eigenvalue weighted by atomic mass is 10.0. The van der Waals surface area contributed by atoms with E-state index in [0.29, 0.717) is 6.04 Å². The average Bonchev–Trinajstić information content (AvgIpc) is 2.86. The van der Waals surface area contributed by atoms with Gasteiger partial charge in [-0.2, -0.15) is 0 Å². The molecule has 0 bridgehead atoms. The van der Waals surface area contributed by atoms with Crippen molar-refractivity contribution < 1.29 is 4.74 Å². The summed E-state index contributed by atoms with van der Waals surface area (Å²) in [6.45, 7) is 4.67. The van der Waals surface area contributed by atoms with Crippen LogP contribution in [0.15, 0.2) is 0 Å². The summed E-state index contributed by atoms with van der Waals surface area (Å²) in [5.74, 6) is 1.56. The van der Waals surface area contributed by atoms with Gasteiger partial charge < -0.3 is 15.4 Å². The fourth-order valence-corrected chi connectivity index (χ4v) is 3.26. The van der Waals surface area contributed by atoms with Gasteiger partial charge in [-0.05, 0) is 50.6 Å². The molecular formula is C13H26N2O. The molecule has 3 unspecified atom stereocenters. The first-order valence-electron chi connectivity index (χ1n) is 6.76. The van der Waals surface area contributed by atoms with Crippen LogP contribution in [0.3, 0.4) is 0 Å². The number of hydrogen-bond donors (Lipinski definition) is 1. The monoisotopic (exact) mass is 226 g/mol. The minimum absolute atomic E-state index is 0.484. The Balaban J connectivity index is 1.63. The summed E-state index contributed by atoms with van der Waals surface area (Å²) in [6.07, 6.45) is 6.57. The average molecular weight is 226 g/mol. The van der Waals surface area contributed by atoms with E-state index >= 15 is 0 Å². The maximum absolute atomic E-state index is 6.10. The third-order valence-electron chi connectivity index (χ3n) is 4.31. The Morgan fingerprint density at radius 2 is 2.19 bits per heavy atom. The first-order chi connectivity index (χ1) is 7.79. The van der Waals surface area contributed by atoms with Gasteiger partial charge in [-0.3, -0.25) is 0 Å². The molecule has 1 saturated carbocycles. The fourth-order valence-electron chi connectivity index (χ4n) is 3.26. The van der Waals surface area contributed by atoms with E-state index < -0.39 is 0 Å². The van der Waals surface area contributed by atoms with E-state index in [1.807, 2.05) is 0 Å². The lowest BCUT2D eigenvalue weighted by Crippen LogP contribution is -2.29. The number of rotatable bonds is 5. The summed E-state index contributed by atoms with van der Waals surface area (Å²) in [5.41, 5.74) is 6.10. The van der Waals surface area contributed by atoms with Crippen LogP contribution in [0, 0.1) is 11.8 Å². The van der Waals surface area contributed by atoms with Crippen molar-refractivity contribution in [1.82, 2.24) is 4.90 Å². The SMILES string of the molecule is COCC1CCN(CCC2CCCC2N)C1. The van der Waals surface area contributed by atoms with Gasteiger partial charge in [-0.25, -0.2) is 0 Å². The van der Waals surface area contributed by atoms with Gasteiger partial charge in [0, 0.05) is 19.7 Å². The second-order valence-electron chi connectivity index (χ2n) is 5.55. The van der Waals surface area contributed by atoms with Crippen molar-refractivity contribution in [3.8, 4) is 0 Å². The molecule has 0 amide bonds. The van der Waals surface area contributed by atoms with E-state index in [0.717, 1.165) is 18.4 Å². The highest BCUT2D eigenvalue weighted by Crippen LogP contribution is 2.27. The van der Waals surface area contributed by atoms with Gasteiger partial charge in [0.15, 0.2) is 0 Å². The molecule has 3 heteroatoms. The molecule has 1 aliphatic carbocycles. The zero-order chi connectivity index (χ0) is 11.4. The van der Waals surface area contributed by atoms with Crippen LogP contribution in [0.4, 0.5) is 0 Å². The minimum atomic E-state index is 0.484. The highest BCUT2D eigenvalue weighted by Gasteiger charge is 2.26. The molecule has 2 rings (SSSR count). The molecule has 0 spiro atoms. The minimum Gasteiger partial charge on any atom is -0.384 e. The molecule has 0 radical (unpaired) electrons. The summed E-state index contributed by atoms with van der Waals surface area (Å²) in [4.78, 5) is 2.59. The maximum atomic E-state index is 6.10. The van der Waals surface area contributed by atoms with Crippen LogP contribution in [-0.4, -0.2) is 44.3 Å². The lowest BCUT2D eigenvalue weighted by Gasteiger charge is -2.20. The number of likely N-dealkylation sites (tertiary alicyclic amines) is 1. The third-order valence-corrected chi connectivity index (χ3v) is 4.31. The van der Waals surface area contributed by atoms with Gasteiger partial charge in [-0.15, -0.1) is 0 Å². The van der Waals surface area contributed by atoms with Crippen LogP contribution >= 0.6 is 0 Å². The van der Waals surface area contributed by atoms with Gasteiger partial charge in [-0.1, -0.05) is 6.42 Å². The molecule has 1 aliphatic heterocycles. The zero-order valence-corrected chi connectivity index (χ0v) is 10.5. The van der Waals surface area contributed by atoms with Gasteiger partial charge in [0.05, 0.1) is 6.61 Å². The Bertz CT molecular complexity index is 210. The van der Waals surface area contributed by atoms with Crippen molar-refractivity contribution in [2.45, 2.75) is 38.1 Å². The third kappa shape index (κ3) is 3.19. The molecule has 2 fully saturated rings. The summed E-state index contributed by atoms with van der Waals surface area (Å²) < 4.78 is 5.22. The van der Waals surface area contributed by atoms with Gasteiger partial charge in [0.1, 0.15) is 0 Å². The molecule has 1 saturated heterocycles. The zero-order valence-electron chi connectivity index (χ0n) is 10.5. The topological polar surface area (TPSA) is 38.5 Å². The van der Waals surface area contributed by atoms with Crippen LogP contribution in [0.25, 0.3) is 0 Å². The number of ether oxygens (including phenoxy) is 1. The van der Waals surface area contributed by atoms with E-state index in [2.05, 4.69) is 4.90 Å². The van der Waals surface area contributed by atoms with Crippen molar-refractivity contribution >= 4 is 0 Å². The van der Waals surface area contributed by atoms with Crippen molar-refractivity contribution in [2.75, 3.05) is 33.4 Å². The van der Waals surface area contributed by atoms with Gasteiger partial charge in [0.2, 0.25) is 0 Å². The summed E-state index contributed by atoms with van der Waals surface area (Å²) in [6, 6.07) is 0.484. The molecular weight excluding hydrogens is 200 g/mol. The molecule has 16 heavy (non-hydrogen) atoms. The molecule has 2 N–H and O–H groups in total. The Morgan fingerprint density at radius 3 is 2.88 bits per heavy atom. The Kier molecular flexibility index (Phi) is 4.62. The number of nitrogens with zero attached hydrogens (tertiary/aromatic N) is 1. The number of methoxy groups -OCH3 is 1. The molecule has 0 aromatic rings. The van der Waals surface area contributed by atoms with E-state index in [9.17, 15) is 0 Å². The van der Waals surface area contributed by atoms with Crippen molar-refractivity contribution in [3.05, 3.63) is 0 Å². The smallest absolute Gasteiger partial charge is 0.0503 e. The molecule has 3 nitrogen and oxygen atoms in total. The molecule has 2 aliphatic rings. The summed E-state index contributed by atoms with van der Waals surface area (Å²) in [7, 11) is 1.81. The van der Waals surface area contributed by atoms with Crippen LogP contribution < -0.4 is 5.73 Å². The van der Waals surface area contributed by atoms with E-state index in [1.54, 1.807) is 7.11 Å². The molecule has 94 valence electrons. The van der Waals surface area contributed by atoms with Crippen LogP contribution in [0.2, 0.25) is 0 Å². The quantitative estimate of drug-likeness (QED) is 0.771. The Hall–Kier alpha value is -0.120. The van der Waals surface area contributed by atoms with Crippen molar-refractivity contribution in [2.24, 2.45) is 17.6 Å². The normalized spacial score (nSPS) is 36.0. The van der Waals surface area contributed by atoms with E-state index in [1.165, 1.54) is 51.7 Å². The van der Waals surface area contributed by atoms with Gasteiger partial charge >= 0.3 is 0 Å². The number of hydrogen-bond acceptors (Lipinski definition) is 3. The first kappa shape index (κ1) is 12.3. The number of nitrogens with two attached hydrogens (primary N) is 1. The highest BCUT2D eigenvalue weighted by atomic mass is 16.5. The summed E-state index contributed by atoms with van der Waals surface area (Å²) in [5, 5.41) is 0. The molecule has 0 aromatic heterocycles. The summed E-state index contributed by atoms with van der Waals surface area (Å²) >= 11 is 0. The Labute approximate surface area is 99.3 Å². The highest BCUT2D eigenvalue weighted by molar-refractivity contribution is 4.82. The van der Waals surface area contributed by atoms with Crippen LogP contribution in [0.5, 0.6) is 0 Å². The Morgan fingerprint density at radius 1 is 1.31 bits per heavy atom. The molecule has 1 heterocycles. The van der Waals surface area contributed by atoms with Gasteiger partial charge in [0.25, 0.3) is 0 Å². The predicted molar refractivity (Wildman–Crippen MR) is 66.4 cm³/mol. The molecule has 0 aromatic carbocycles. The predicted octanol–water partition coefficient (Wildman–Crippen LogP) is 1.47. The lowest BCUT2D eigenvalue weighted by molar-refractivity contribution is 0.152. The van der Waals surface area contributed by atoms with Crippen LogP contribution in [0.1, 0.15) is 32.1 Å². The standard InChI is InChI=1S/C13H26N2O/c1-16-10-11-5-7-15(9-11)8-6-12-3-2-4-13(12)14/h11-13H,2-10,14H2,1H3. The molecule has 3 atom stereocenters. The fraction of sp³-hybridized carbons (Fsp3) is 1.00.